The zero-order valence-electron chi connectivity index (χ0n) is 19.3. The number of aryl methyl sites for hydroxylation is 2. The summed E-state index contributed by atoms with van der Waals surface area (Å²) in [7, 11) is 3.36. The summed E-state index contributed by atoms with van der Waals surface area (Å²) in [5, 5.41) is 4.72. The summed E-state index contributed by atoms with van der Waals surface area (Å²) in [4.78, 5) is 7.72. The second kappa shape index (κ2) is 11.5. The van der Waals surface area contributed by atoms with E-state index >= 15 is 0 Å². The molecule has 0 radical (unpaired) electrons. The number of pyridine rings is 1. The molecule has 6 heteroatoms. The predicted molar refractivity (Wildman–Crippen MR) is 132 cm³/mol. The van der Waals surface area contributed by atoms with Crippen molar-refractivity contribution in [2.75, 3.05) is 32.8 Å². The number of anilines is 2. The Kier molecular flexibility index (Phi) is 7.95. The van der Waals surface area contributed by atoms with Gasteiger partial charge in [0.2, 0.25) is 0 Å². The Balaban J connectivity index is 1.27. The molecule has 0 spiro atoms. The van der Waals surface area contributed by atoms with Crippen molar-refractivity contribution in [3.63, 3.8) is 0 Å². The highest BCUT2D eigenvalue weighted by Gasteiger charge is 2.05. The van der Waals surface area contributed by atoms with Crippen LogP contribution in [0.5, 0.6) is 5.75 Å². The minimum absolute atomic E-state index is 0.474. The maximum Gasteiger partial charge on any atom is 0.120 e. The fraction of sp³-hybridized carbons (Fsp3) is 0.296. The summed E-state index contributed by atoms with van der Waals surface area (Å²) in [6.07, 6.45) is 7.09. The minimum Gasteiger partial charge on any atom is -0.497 e. The molecule has 2 heterocycles. The average molecular weight is 446 g/mol. The van der Waals surface area contributed by atoms with Crippen molar-refractivity contribution in [2.24, 2.45) is 0 Å². The summed E-state index contributed by atoms with van der Waals surface area (Å²) in [6, 6.07) is 18.8. The molecule has 0 fully saturated rings. The lowest BCUT2D eigenvalue weighted by Gasteiger charge is -2.09. The summed E-state index contributed by atoms with van der Waals surface area (Å²) < 4.78 is 15.9. The quantitative estimate of drug-likeness (QED) is 0.276. The first-order chi connectivity index (χ1) is 16.2. The lowest BCUT2D eigenvalue weighted by Crippen LogP contribution is -2.03. The van der Waals surface area contributed by atoms with Crippen molar-refractivity contribution in [1.29, 1.82) is 0 Å². The van der Waals surface area contributed by atoms with Crippen LogP contribution in [0.4, 0.5) is 11.4 Å². The van der Waals surface area contributed by atoms with Gasteiger partial charge in [0.05, 0.1) is 32.6 Å². The van der Waals surface area contributed by atoms with Gasteiger partial charge in [0, 0.05) is 47.8 Å². The van der Waals surface area contributed by atoms with Gasteiger partial charge in [-0.15, -0.1) is 0 Å². The number of aromatic amines is 1. The molecule has 4 aromatic rings. The fourth-order valence-electron chi connectivity index (χ4n) is 3.86. The summed E-state index contributed by atoms with van der Waals surface area (Å²) in [5.41, 5.74) is 6.76. The molecule has 0 saturated carbocycles. The second-order valence-corrected chi connectivity index (χ2v) is 7.98. The van der Waals surface area contributed by atoms with Gasteiger partial charge in [-0.2, -0.15) is 0 Å². The van der Waals surface area contributed by atoms with Crippen LogP contribution in [0.3, 0.4) is 0 Å². The maximum absolute atomic E-state index is 5.56. The number of fused-ring (bicyclic) bond motifs is 1. The molecular weight excluding hydrogens is 414 g/mol. The Morgan fingerprint density at radius 1 is 0.909 bits per heavy atom. The number of aromatic nitrogens is 2. The Morgan fingerprint density at radius 2 is 1.79 bits per heavy atom. The van der Waals surface area contributed by atoms with Crippen LogP contribution in [-0.4, -0.2) is 37.4 Å². The van der Waals surface area contributed by atoms with Crippen LogP contribution >= 0.6 is 0 Å². The molecular formula is C27H31N3O3. The van der Waals surface area contributed by atoms with Crippen molar-refractivity contribution in [2.45, 2.75) is 25.9 Å². The molecule has 2 aromatic carbocycles. The number of nitrogens with zero attached hydrogens (tertiary/aromatic N) is 1. The molecule has 0 atom stereocenters. The summed E-state index contributed by atoms with van der Waals surface area (Å²) in [5.74, 6) is 0.878. The molecule has 2 N–H and O–H groups in total. The van der Waals surface area contributed by atoms with E-state index in [4.69, 9.17) is 14.2 Å². The SMILES string of the molecule is COCCOCc1cc(Nc2ccc(CCCc3c[nH]c4cc(OC)ccc34)cc2)ccn1. The third-order valence-electron chi connectivity index (χ3n) is 5.63. The van der Waals surface area contributed by atoms with Crippen LogP contribution in [0.2, 0.25) is 0 Å². The van der Waals surface area contributed by atoms with Gasteiger partial charge >= 0.3 is 0 Å². The highest BCUT2D eigenvalue weighted by Crippen LogP contribution is 2.25. The third kappa shape index (κ3) is 6.34. The first-order valence-corrected chi connectivity index (χ1v) is 11.3. The highest BCUT2D eigenvalue weighted by molar-refractivity contribution is 5.84. The number of methoxy groups -OCH3 is 2. The predicted octanol–water partition coefficient (Wildman–Crippen LogP) is 5.65. The van der Waals surface area contributed by atoms with Crippen LogP contribution in [0.25, 0.3) is 10.9 Å². The van der Waals surface area contributed by atoms with E-state index < -0.39 is 0 Å². The van der Waals surface area contributed by atoms with Gasteiger partial charge in [0.15, 0.2) is 0 Å². The lowest BCUT2D eigenvalue weighted by atomic mass is 10.0. The van der Waals surface area contributed by atoms with Crippen LogP contribution in [0, 0.1) is 0 Å². The average Bonchev–Trinajstić information content (AvgIpc) is 3.25. The van der Waals surface area contributed by atoms with Gasteiger partial charge < -0.3 is 24.5 Å². The van der Waals surface area contributed by atoms with E-state index in [-0.39, 0.29) is 0 Å². The van der Waals surface area contributed by atoms with E-state index in [0.717, 1.165) is 47.6 Å². The number of rotatable bonds is 12. The molecule has 0 aliphatic rings. The van der Waals surface area contributed by atoms with Gasteiger partial charge in [0.25, 0.3) is 0 Å². The second-order valence-electron chi connectivity index (χ2n) is 7.98. The molecule has 0 amide bonds. The van der Waals surface area contributed by atoms with Crippen molar-refractivity contribution >= 4 is 22.3 Å². The molecule has 4 rings (SSSR count). The van der Waals surface area contributed by atoms with Crippen LogP contribution < -0.4 is 10.1 Å². The molecule has 0 saturated heterocycles. The van der Waals surface area contributed by atoms with Crippen LogP contribution in [0.1, 0.15) is 23.2 Å². The van der Waals surface area contributed by atoms with E-state index in [0.29, 0.717) is 19.8 Å². The molecule has 6 nitrogen and oxygen atoms in total. The Labute approximate surface area is 194 Å². The fourth-order valence-corrected chi connectivity index (χ4v) is 3.86. The zero-order chi connectivity index (χ0) is 22.9. The standard InChI is InChI=1S/C27H31N3O3/c1-31-14-15-33-19-24-16-23(12-13-28-24)30-22-8-6-20(7-9-22)4-3-5-21-18-29-27-17-25(32-2)10-11-26(21)27/h6-13,16-18,29H,3-5,14-15,19H2,1-2H3,(H,28,30). The summed E-state index contributed by atoms with van der Waals surface area (Å²) in [6.45, 7) is 1.62. The third-order valence-corrected chi connectivity index (χ3v) is 5.63. The van der Waals surface area contributed by atoms with Gasteiger partial charge in [-0.1, -0.05) is 12.1 Å². The minimum atomic E-state index is 0.474. The van der Waals surface area contributed by atoms with E-state index in [2.05, 4.69) is 51.8 Å². The highest BCUT2D eigenvalue weighted by atomic mass is 16.5. The zero-order valence-corrected chi connectivity index (χ0v) is 19.3. The first-order valence-electron chi connectivity index (χ1n) is 11.3. The first kappa shape index (κ1) is 22.8. The molecule has 0 unspecified atom stereocenters. The van der Waals surface area contributed by atoms with Gasteiger partial charge in [-0.05, 0) is 66.8 Å². The Bertz CT molecular complexity index is 1150. The molecule has 172 valence electrons. The van der Waals surface area contributed by atoms with E-state index in [9.17, 15) is 0 Å². The lowest BCUT2D eigenvalue weighted by molar-refractivity contribution is 0.0602. The smallest absolute Gasteiger partial charge is 0.120 e. The normalized spacial score (nSPS) is 11.1. The molecule has 33 heavy (non-hydrogen) atoms. The van der Waals surface area contributed by atoms with E-state index in [1.165, 1.54) is 16.5 Å². The van der Waals surface area contributed by atoms with Crippen molar-refractivity contribution in [3.8, 4) is 5.75 Å². The number of H-pyrrole nitrogens is 1. The molecule has 0 aliphatic heterocycles. The molecule has 0 aliphatic carbocycles. The number of ether oxygens (including phenoxy) is 3. The van der Waals surface area contributed by atoms with Gasteiger partial charge in [0.1, 0.15) is 5.75 Å². The van der Waals surface area contributed by atoms with E-state index in [1.807, 2.05) is 24.3 Å². The van der Waals surface area contributed by atoms with Crippen molar-refractivity contribution < 1.29 is 14.2 Å². The van der Waals surface area contributed by atoms with E-state index in [1.54, 1.807) is 20.4 Å². The molecule has 2 aromatic heterocycles. The van der Waals surface area contributed by atoms with Crippen molar-refractivity contribution in [1.82, 2.24) is 9.97 Å². The number of nitrogens with one attached hydrogen (secondary N) is 2. The van der Waals surface area contributed by atoms with Gasteiger partial charge in [-0.25, -0.2) is 0 Å². The Morgan fingerprint density at radius 3 is 2.61 bits per heavy atom. The van der Waals surface area contributed by atoms with Crippen LogP contribution in [0.15, 0.2) is 67.0 Å². The largest absolute Gasteiger partial charge is 0.497 e. The van der Waals surface area contributed by atoms with Gasteiger partial charge in [-0.3, -0.25) is 4.98 Å². The topological polar surface area (TPSA) is 68.4 Å². The molecule has 0 bridgehead atoms. The monoisotopic (exact) mass is 445 g/mol. The maximum atomic E-state index is 5.56. The Hall–Kier alpha value is -3.35. The number of benzene rings is 2. The summed E-state index contributed by atoms with van der Waals surface area (Å²) >= 11 is 0. The van der Waals surface area contributed by atoms with Crippen molar-refractivity contribution in [3.05, 3.63) is 83.8 Å². The number of hydrogen-bond donors (Lipinski definition) is 2. The van der Waals surface area contributed by atoms with Crippen LogP contribution in [-0.2, 0) is 28.9 Å². The number of hydrogen-bond acceptors (Lipinski definition) is 5.